The largest absolute Gasteiger partial charge is 0.507 e. The van der Waals surface area contributed by atoms with Crippen LogP contribution in [0.3, 0.4) is 0 Å². The molecule has 0 heterocycles. The van der Waals surface area contributed by atoms with Gasteiger partial charge in [0.25, 0.3) is 5.91 Å². The number of hydrogen-bond acceptors (Lipinski definition) is 3. The highest BCUT2D eigenvalue weighted by Crippen LogP contribution is 2.21. The number of nitrogens with one attached hydrogen (secondary N) is 1. The molecule has 15 heavy (non-hydrogen) atoms. The van der Waals surface area contributed by atoms with Gasteiger partial charge in [0.2, 0.25) is 0 Å². The summed E-state index contributed by atoms with van der Waals surface area (Å²) in [5.41, 5.74) is 0.0998. The smallest absolute Gasteiger partial charge is 0.255 e. The molecule has 0 aliphatic rings. The van der Waals surface area contributed by atoms with E-state index in [4.69, 9.17) is 16.7 Å². The van der Waals surface area contributed by atoms with Gasteiger partial charge in [-0.2, -0.15) is 0 Å². The van der Waals surface area contributed by atoms with Crippen LogP contribution in [0.4, 0.5) is 0 Å². The second-order valence-corrected chi connectivity index (χ2v) is 3.65. The number of benzene rings is 1. The van der Waals surface area contributed by atoms with Crippen molar-refractivity contribution < 1.29 is 15.0 Å². The third kappa shape index (κ3) is 3.11. The van der Waals surface area contributed by atoms with E-state index in [0.717, 1.165) is 0 Å². The first-order valence-corrected chi connectivity index (χ1v) is 4.82. The number of hydrogen-bond donors (Lipinski definition) is 3. The Balaban J connectivity index is 2.86. The van der Waals surface area contributed by atoms with Gasteiger partial charge in [-0.3, -0.25) is 4.79 Å². The second-order valence-electron chi connectivity index (χ2n) is 3.22. The van der Waals surface area contributed by atoms with E-state index < -0.39 is 5.91 Å². The Bertz CT molecular complexity index is 368. The SMILES string of the molecule is C[C@H](CO)NC(=O)c1cc(Cl)ccc1O. The summed E-state index contributed by atoms with van der Waals surface area (Å²) in [5, 5.41) is 21.0. The number of rotatable bonds is 3. The minimum absolute atomic E-state index is 0.0998. The van der Waals surface area contributed by atoms with E-state index in [1.54, 1.807) is 6.92 Å². The predicted molar refractivity (Wildman–Crippen MR) is 57.1 cm³/mol. The zero-order chi connectivity index (χ0) is 11.4. The average Bonchev–Trinajstić information content (AvgIpc) is 2.21. The number of aromatic hydroxyl groups is 1. The highest BCUT2D eigenvalue weighted by atomic mass is 35.5. The Morgan fingerprint density at radius 3 is 2.87 bits per heavy atom. The summed E-state index contributed by atoms with van der Waals surface area (Å²) >= 11 is 5.69. The predicted octanol–water partition coefficient (Wildman–Crippen LogP) is 1.16. The topological polar surface area (TPSA) is 69.6 Å². The molecule has 3 N–H and O–H groups in total. The molecule has 0 spiro atoms. The molecule has 0 saturated heterocycles. The second kappa shape index (κ2) is 5.00. The Morgan fingerprint density at radius 1 is 1.60 bits per heavy atom. The number of phenolic OH excluding ortho intramolecular Hbond substituents is 1. The minimum Gasteiger partial charge on any atom is -0.507 e. The van der Waals surface area contributed by atoms with Crippen molar-refractivity contribution in [2.24, 2.45) is 0 Å². The van der Waals surface area contributed by atoms with Gasteiger partial charge in [-0.1, -0.05) is 11.6 Å². The minimum atomic E-state index is -0.462. The molecule has 1 atom stereocenters. The lowest BCUT2D eigenvalue weighted by atomic mass is 10.2. The fourth-order valence-corrected chi connectivity index (χ4v) is 1.21. The fraction of sp³-hybridized carbons (Fsp3) is 0.300. The maximum absolute atomic E-state index is 11.5. The summed E-state index contributed by atoms with van der Waals surface area (Å²) in [7, 11) is 0. The monoisotopic (exact) mass is 229 g/mol. The van der Waals surface area contributed by atoms with Gasteiger partial charge in [0, 0.05) is 11.1 Å². The van der Waals surface area contributed by atoms with Gasteiger partial charge in [-0.15, -0.1) is 0 Å². The zero-order valence-corrected chi connectivity index (χ0v) is 8.95. The maximum Gasteiger partial charge on any atom is 0.255 e. The Morgan fingerprint density at radius 2 is 2.27 bits per heavy atom. The lowest BCUT2D eigenvalue weighted by Gasteiger charge is -2.11. The van der Waals surface area contributed by atoms with Gasteiger partial charge in [0.1, 0.15) is 5.75 Å². The highest BCUT2D eigenvalue weighted by molar-refractivity contribution is 6.31. The molecule has 82 valence electrons. The van der Waals surface area contributed by atoms with Gasteiger partial charge in [-0.25, -0.2) is 0 Å². The fourth-order valence-electron chi connectivity index (χ4n) is 1.04. The van der Waals surface area contributed by atoms with Crippen LogP contribution in [-0.2, 0) is 0 Å². The van der Waals surface area contributed by atoms with E-state index in [1.807, 2.05) is 0 Å². The summed E-state index contributed by atoms with van der Waals surface area (Å²) in [6.45, 7) is 1.49. The molecular formula is C10H12ClNO3. The number of halogens is 1. The molecule has 0 radical (unpaired) electrons. The van der Waals surface area contributed by atoms with Crippen molar-refractivity contribution in [3.05, 3.63) is 28.8 Å². The van der Waals surface area contributed by atoms with Gasteiger partial charge >= 0.3 is 0 Å². The number of aliphatic hydroxyl groups excluding tert-OH is 1. The lowest BCUT2D eigenvalue weighted by molar-refractivity contribution is 0.0919. The van der Waals surface area contributed by atoms with Gasteiger partial charge in [0.05, 0.1) is 12.2 Å². The molecule has 0 aliphatic heterocycles. The first kappa shape index (κ1) is 11.8. The summed E-state index contributed by atoms with van der Waals surface area (Å²) < 4.78 is 0. The first-order valence-electron chi connectivity index (χ1n) is 4.45. The number of phenols is 1. The third-order valence-electron chi connectivity index (χ3n) is 1.85. The van der Waals surface area contributed by atoms with Gasteiger partial charge in [-0.05, 0) is 25.1 Å². The van der Waals surface area contributed by atoms with Crippen molar-refractivity contribution in [1.82, 2.24) is 5.32 Å². The molecule has 1 rings (SSSR count). The molecule has 0 aromatic heterocycles. The standard InChI is InChI=1S/C10H12ClNO3/c1-6(5-13)12-10(15)8-4-7(11)2-3-9(8)14/h2-4,6,13-14H,5H2,1H3,(H,12,15)/t6-/m1/s1. The Kier molecular flexibility index (Phi) is 3.94. The molecule has 0 unspecified atom stereocenters. The van der Waals surface area contributed by atoms with Crippen LogP contribution in [0.1, 0.15) is 17.3 Å². The lowest BCUT2D eigenvalue weighted by Crippen LogP contribution is -2.35. The highest BCUT2D eigenvalue weighted by Gasteiger charge is 2.13. The number of carbonyl (C=O) groups excluding carboxylic acids is 1. The van der Waals surface area contributed by atoms with Crippen LogP contribution in [0.2, 0.25) is 5.02 Å². The summed E-state index contributed by atoms with van der Waals surface area (Å²) in [4.78, 5) is 11.5. The van der Waals surface area contributed by atoms with E-state index >= 15 is 0 Å². The van der Waals surface area contributed by atoms with Gasteiger partial charge < -0.3 is 15.5 Å². The molecule has 0 saturated carbocycles. The van der Waals surface area contributed by atoms with Crippen LogP contribution in [0.25, 0.3) is 0 Å². The summed E-state index contributed by atoms with van der Waals surface area (Å²) in [5.74, 6) is -0.599. The molecule has 0 fully saturated rings. The molecule has 0 aliphatic carbocycles. The van der Waals surface area contributed by atoms with Crippen LogP contribution >= 0.6 is 11.6 Å². The Labute approximate surface area is 92.5 Å². The number of aliphatic hydroxyl groups is 1. The molecular weight excluding hydrogens is 218 g/mol. The molecule has 0 bridgehead atoms. The molecule has 1 amide bonds. The van der Waals surface area contributed by atoms with Crippen molar-refractivity contribution in [3.8, 4) is 5.75 Å². The van der Waals surface area contributed by atoms with Crippen molar-refractivity contribution >= 4 is 17.5 Å². The van der Waals surface area contributed by atoms with Crippen molar-refractivity contribution in [2.45, 2.75) is 13.0 Å². The van der Waals surface area contributed by atoms with E-state index in [1.165, 1.54) is 18.2 Å². The van der Waals surface area contributed by atoms with E-state index in [2.05, 4.69) is 5.32 Å². The van der Waals surface area contributed by atoms with E-state index in [-0.39, 0.29) is 24.0 Å². The zero-order valence-electron chi connectivity index (χ0n) is 8.20. The normalized spacial score (nSPS) is 12.2. The van der Waals surface area contributed by atoms with Crippen molar-refractivity contribution in [2.75, 3.05) is 6.61 Å². The third-order valence-corrected chi connectivity index (χ3v) is 2.09. The van der Waals surface area contributed by atoms with E-state index in [9.17, 15) is 9.90 Å². The molecule has 1 aromatic rings. The quantitative estimate of drug-likeness (QED) is 0.729. The number of carbonyl (C=O) groups is 1. The average molecular weight is 230 g/mol. The molecule has 4 nitrogen and oxygen atoms in total. The van der Waals surface area contributed by atoms with Crippen LogP contribution < -0.4 is 5.32 Å². The van der Waals surface area contributed by atoms with Crippen molar-refractivity contribution in [3.63, 3.8) is 0 Å². The van der Waals surface area contributed by atoms with Crippen LogP contribution in [0, 0.1) is 0 Å². The molecule has 1 aromatic carbocycles. The van der Waals surface area contributed by atoms with E-state index in [0.29, 0.717) is 5.02 Å². The Hall–Kier alpha value is -1.26. The maximum atomic E-state index is 11.5. The van der Waals surface area contributed by atoms with Crippen LogP contribution in [0.15, 0.2) is 18.2 Å². The first-order chi connectivity index (χ1) is 7.04. The van der Waals surface area contributed by atoms with Crippen LogP contribution in [-0.4, -0.2) is 28.8 Å². The summed E-state index contributed by atoms with van der Waals surface area (Å²) in [6.07, 6.45) is 0. The van der Waals surface area contributed by atoms with Gasteiger partial charge in [0.15, 0.2) is 0 Å². The van der Waals surface area contributed by atoms with Crippen LogP contribution in [0.5, 0.6) is 5.75 Å². The number of amides is 1. The summed E-state index contributed by atoms with van der Waals surface area (Å²) in [6, 6.07) is 3.84. The van der Waals surface area contributed by atoms with Crippen molar-refractivity contribution in [1.29, 1.82) is 0 Å². The molecule has 5 heteroatoms.